The first-order valence-electron chi connectivity index (χ1n) is 7.71. The molecule has 0 spiro atoms. The maximum Gasteiger partial charge on any atom is 0.341 e. The summed E-state index contributed by atoms with van der Waals surface area (Å²) in [5, 5.41) is 3.32. The minimum atomic E-state index is -0.316. The van der Waals surface area contributed by atoms with Crippen molar-refractivity contribution in [2.45, 2.75) is 33.2 Å². The molecule has 116 valence electrons. The first kappa shape index (κ1) is 15.8. The number of carbonyl (C=O) groups is 1. The summed E-state index contributed by atoms with van der Waals surface area (Å²) in [7, 11) is 0. The first-order chi connectivity index (χ1) is 10.1. The van der Waals surface area contributed by atoms with Crippen molar-refractivity contribution in [3.63, 3.8) is 0 Å². The van der Waals surface area contributed by atoms with Gasteiger partial charge in [-0.1, -0.05) is 0 Å². The normalized spacial score (nSPS) is 19.0. The summed E-state index contributed by atoms with van der Waals surface area (Å²) in [5.41, 5.74) is 0.512. The highest BCUT2D eigenvalue weighted by Crippen LogP contribution is 2.20. The second-order valence-corrected chi connectivity index (χ2v) is 5.74. The van der Waals surface area contributed by atoms with E-state index in [-0.39, 0.29) is 5.97 Å². The number of anilines is 1. The zero-order chi connectivity index (χ0) is 15.2. The van der Waals surface area contributed by atoms with E-state index in [1.54, 1.807) is 25.3 Å². The quantitative estimate of drug-likeness (QED) is 0.816. The number of likely N-dealkylation sites (tertiary alicyclic amines) is 1. The molecule has 1 N–H and O–H groups in total. The van der Waals surface area contributed by atoms with Gasteiger partial charge in [-0.25, -0.2) is 9.78 Å². The van der Waals surface area contributed by atoms with Crippen LogP contribution in [-0.2, 0) is 4.74 Å². The predicted molar refractivity (Wildman–Crippen MR) is 83.5 cm³/mol. The van der Waals surface area contributed by atoms with Gasteiger partial charge in [0, 0.05) is 25.3 Å². The van der Waals surface area contributed by atoms with Crippen molar-refractivity contribution < 1.29 is 9.53 Å². The fourth-order valence-electron chi connectivity index (χ4n) is 2.66. The van der Waals surface area contributed by atoms with Crippen LogP contribution in [0.2, 0.25) is 0 Å². The summed E-state index contributed by atoms with van der Waals surface area (Å²) in [5.74, 6) is 0.909. The zero-order valence-electron chi connectivity index (χ0n) is 13.1. The van der Waals surface area contributed by atoms with Crippen molar-refractivity contribution in [3.05, 3.63) is 23.9 Å². The van der Waals surface area contributed by atoms with Crippen LogP contribution in [0.25, 0.3) is 0 Å². The number of carbonyl (C=O) groups excluding carboxylic acids is 1. The Balaban J connectivity index is 1.93. The molecule has 0 radical (unpaired) electrons. The lowest BCUT2D eigenvalue weighted by atomic mass is 10.1. The van der Waals surface area contributed by atoms with Gasteiger partial charge in [-0.3, -0.25) is 0 Å². The van der Waals surface area contributed by atoms with Crippen LogP contribution in [0.5, 0.6) is 0 Å². The number of pyridine rings is 1. The van der Waals surface area contributed by atoms with Crippen LogP contribution in [0, 0.1) is 5.92 Å². The Hall–Kier alpha value is -1.62. The SMILES string of the molecule is CCOC(=O)c1cccnc1NCC1CCN(C(C)C)C1. The summed E-state index contributed by atoms with van der Waals surface area (Å²) in [6.07, 6.45) is 2.88. The molecule has 2 heterocycles. The highest BCUT2D eigenvalue weighted by atomic mass is 16.5. The van der Waals surface area contributed by atoms with Gasteiger partial charge in [0.2, 0.25) is 0 Å². The molecule has 2 rings (SSSR count). The van der Waals surface area contributed by atoms with Gasteiger partial charge < -0.3 is 15.0 Å². The molecular formula is C16H25N3O2. The number of nitrogens with zero attached hydrogens (tertiary/aromatic N) is 2. The fraction of sp³-hybridized carbons (Fsp3) is 0.625. The Morgan fingerprint density at radius 2 is 2.38 bits per heavy atom. The molecule has 0 amide bonds. The van der Waals surface area contributed by atoms with Gasteiger partial charge >= 0.3 is 5.97 Å². The van der Waals surface area contributed by atoms with Crippen LogP contribution in [-0.4, -0.2) is 48.1 Å². The van der Waals surface area contributed by atoms with Crippen LogP contribution >= 0.6 is 0 Å². The molecule has 0 saturated carbocycles. The molecule has 5 heteroatoms. The molecule has 1 fully saturated rings. The van der Waals surface area contributed by atoms with E-state index in [0.29, 0.717) is 29.9 Å². The average Bonchev–Trinajstić information content (AvgIpc) is 2.95. The molecule has 21 heavy (non-hydrogen) atoms. The molecule has 1 saturated heterocycles. The van der Waals surface area contributed by atoms with E-state index in [1.165, 1.54) is 6.42 Å². The molecular weight excluding hydrogens is 266 g/mol. The van der Waals surface area contributed by atoms with Gasteiger partial charge in [0.05, 0.1) is 6.61 Å². The van der Waals surface area contributed by atoms with E-state index in [0.717, 1.165) is 19.6 Å². The molecule has 0 aromatic carbocycles. The molecule has 1 aliphatic rings. The summed E-state index contributed by atoms with van der Waals surface area (Å²) in [4.78, 5) is 18.6. The second kappa shape index (κ2) is 7.41. The van der Waals surface area contributed by atoms with Crippen LogP contribution in [0.1, 0.15) is 37.6 Å². The molecule has 1 atom stereocenters. The van der Waals surface area contributed by atoms with Crippen LogP contribution in [0.15, 0.2) is 18.3 Å². The topological polar surface area (TPSA) is 54.5 Å². The number of rotatable bonds is 6. The van der Waals surface area contributed by atoms with Crippen molar-refractivity contribution in [2.24, 2.45) is 5.92 Å². The van der Waals surface area contributed by atoms with Gasteiger partial charge in [0.1, 0.15) is 11.4 Å². The molecule has 0 aliphatic carbocycles. The third-order valence-electron chi connectivity index (χ3n) is 3.91. The van der Waals surface area contributed by atoms with Crippen LogP contribution in [0.4, 0.5) is 5.82 Å². The standard InChI is InChI=1S/C16H25N3O2/c1-4-21-16(20)14-6-5-8-17-15(14)18-10-13-7-9-19(11-13)12(2)3/h5-6,8,12-13H,4,7,9-11H2,1-3H3,(H,17,18). The molecule has 1 unspecified atom stereocenters. The number of nitrogens with one attached hydrogen (secondary N) is 1. The van der Waals surface area contributed by atoms with Crippen molar-refractivity contribution in [3.8, 4) is 0 Å². The van der Waals surface area contributed by atoms with Gasteiger partial charge in [0.25, 0.3) is 0 Å². The molecule has 5 nitrogen and oxygen atoms in total. The van der Waals surface area contributed by atoms with E-state index in [9.17, 15) is 4.79 Å². The summed E-state index contributed by atoms with van der Waals surface area (Å²) >= 11 is 0. The first-order valence-corrected chi connectivity index (χ1v) is 7.71. The third kappa shape index (κ3) is 4.17. The van der Waals surface area contributed by atoms with Gasteiger partial charge in [-0.2, -0.15) is 0 Å². The third-order valence-corrected chi connectivity index (χ3v) is 3.91. The lowest BCUT2D eigenvalue weighted by Crippen LogP contribution is -2.29. The van der Waals surface area contributed by atoms with Crippen LogP contribution in [0.3, 0.4) is 0 Å². The number of hydrogen-bond donors (Lipinski definition) is 1. The molecule has 1 aliphatic heterocycles. The number of hydrogen-bond acceptors (Lipinski definition) is 5. The predicted octanol–water partition coefficient (Wildman–Crippen LogP) is 2.40. The van der Waals surface area contributed by atoms with E-state index < -0.39 is 0 Å². The largest absolute Gasteiger partial charge is 0.462 e. The Labute approximate surface area is 126 Å². The number of esters is 1. The van der Waals surface area contributed by atoms with Gasteiger partial charge in [-0.15, -0.1) is 0 Å². The number of aromatic nitrogens is 1. The lowest BCUT2D eigenvalue weighted by molar-refractivity contribution is 0.0527. The second-order valence-electron chi connectivity index (χ2n) is 5.74. The van der Waals surface area contributed by atoms with E-state index in [4.69, 9.17) is 4.74 Å². The average molecular weight is 291 g/mol. The van der Waals surface area contributed by atoms with Gasteiger partial charge in [-0.05, 0) is 51.8 Å². The van der Waals surface area contributed by atoms with E-state index in [2.05, 4.69) is 29.0 Å². The number of ether oxygens (including phenoxy) is 1. The van der Waals surface area contributed by atoms with Crippen LogP contribution < -0.4 is 5.32 Å². The summed E-state index contributed by atoms with van der Waals surface area (Å²) < 4.78 is 5.06. The maximum absolute atomic E-state index is 11.9. The lowest BCUT2D eigenvalue weighted by Gasteiger charge is -2.20. The molecule has 1 aromatic rings. The maximum atomic E-state index is 11.9. The van der Waals surface area contributed by atoms with Crippen molar-refractivity contribution in [2.75, 3.05) is 31.6 Å². The molecule has 0 bridgehead atoms. The Morgan fingerprint density at radius 3 is 3.05 bits per heavy atom. The Bertz CT molecular complexity index is 476. The highest BCUT2D eigenvalue weighted by Gasteiger charge is 2.24. The Morgan fingerprint density at radius 1 is 1.57 bits per heavy atom. The van der Waals surface area contributed by atoms with Crippen molar-refractivity contribution in [1.82, 2.24) is 9.88 Å². The van der Waals surface area contributed by atoms with Crippen molar-refractivity contribution in [1.29, 1.82) is 0 Å². The minimum absolute atomic E-state index is 0.316. The summed E-state index contributed by atoms with van der Waals surface area (Å²) in [6.45, 7) is 9.73. The fourth-order valence-corrected chi connectivity index (χ4v) is 2.66. The molecule has 1 aromatic heterocycles. The van der Waals surface area contributed by atoms with Crippen molar-refractivity contribution >= 4 is 11.8 Å². The van der Waals surface area contributed by atoms with Gasteiger partial charge in [0.15, 0.2) is 0 Å². The minimum Gasteiger partial charge on any atom is -0.462 e. The smallest absolute Gasteiger partial charge is 0.341 e. The van der Waals surface area contributed by atoms with E-state index >= 15 is 0 Å². The van der Waals surface area contributed by atoms with E-state index in [1.807, 2.05) is 0 Å². The highest BCUT2D eigenvalue weighted by molar-refractivity contribution is 5.94. The Kier molecular flexibility index (Phi) is 5.56. The zero-order valence-corrected chi connectivity index (χ0v) is 13.1. The monoisotopic (exact) mass is 291 g/mol. The summed E-state index contributed by atoms with van der Waals surface area (Å²) in [6, 6.07) is 4.11.